The highest BCUT2D eigenvalue weighted by Gasteiger charge is 2.23. The van der Waals surface area contributed by atoms with Crippen LogP contribution in [0, 0.1) is 12.3 Å². The van der Waals surface area contributed by atoms with E-state index in [-0.39, 0.29) is 12.3 Å². The van der Waals surface area contributed by atoms with Gasteiger partial charge in [0.25, 0.3) is 0 Å². The van der Waals surface area contributed by atoms with Crippen LogP contribution in [0.3, 0.4) is 0 Å². The Hall–Kier alpha value is -1.01. The van der Waals surface area contributed by atoms with Gasteiger partial charge in [0.15, 0.2) is 0 Å². The number of amides is 1. The van der Waals surface area contributed by atoms with Crippen LogP contribution in [-0.2, 0) is 4.79 Å². The fourth-order valence-corrected chi connectivity index (χ4v) is 1.42. The molecule has 1 saturated heterocycles. The van der Waals surface area contributed by atoms with Crippen LogP contribution in [0.5, 0.6) is 0 Å². The second-order valence-corrected chi connectivity index (χ2v) is 2.99. The summed E-state index contributed by atoms with van der Waals surface area (Å²) in [5.41, 5.74) is 0. The van der Waals surface area contributed by atoms with Crippen LogP contribution in [0.1, 0.15) is 12.8 Å². The zero-order valence-electron chi connectivity index (χ0n) is 7.34. The Kier molecular flexibility index (Phi) is 3.12. The molecule has 1 amide bonds. The van der Waals surface area contributed by atoms with Gasteiger partial charge in [0.05, 0.1) is 6.42 Å². The molecule has 12 heavy (non-hydrogen) atoms. The molecule has 1 heterocycles. The Morgan fingerprint density at radius 3 is 3.08 bits per heavy atom. The quantitative estimate of drug-likeness (QED) is 0.578. The van der Waals surface area contributed by atoms with Crippen LogP contribution >= 0.6 is 0 Å². The second kappa shape index (κ2) is 4.13. The zero-order valence-corrected chi connectivity index (χ0v) is 7.34. The average molecular weight is 166 g/mol. The summed E-state index contributed by atoms with van der Waals surface area (Å²) in [6.07, 6.45) is 6.32. The van der Waals surface area contributed by atoms with Gasteiger partial charge in [-0.15, -0.1) is 6.42 Å². The van der Waals surface area contributed by atoms with Crippen LogP contribution in [0.25, 0.3) is 0 Å². The molecule has 1 unspecified atom stereocenters. The molecule has 3 nitrogen and oxygen atoms in total. The average Bonchev–Trinajstić information content (AvgIpc) is 2.52. The van der Waals surface area contributed by atoms with Crippen molar-refractivity contribution in [3.8, 4) is 12.3 Å². The minimum absolute atomic E-state index is 0.0789. The van der Waals surface area contributed by atoms with E-state index in [9.17, 15) is 4.79 Å². The Balaban J connectivity index is 2.37. The third kappa shape index (κ3) is 1.99. The Bertz CT molecular complexity index is 207. The van der Waals surface area contributed by atoms with Crippen molar-refractivity contribution in [2.45, 2.75) is 18.9 Å². The molecule has 0 spiro atoms. The smallest absolute Gasteiger partial charge is 0.234 e. The van der Waals surface area contributed by atoms with E-state index in [1.54, 1.807) is 0 Å². The minimum atomic E-state index is 0.0789. The third-order valence-corrected chi connectivity index (χ3v) is 2.20. The topological polar surface area (TPSA) is 32.3 Å². The van der Waals surface area contributed by atoms with Gasteiger partial charge < -0.3 is 10.2 Å². The van der Waals surface area contributed by atoms with Gasteiger partial charge in [0.1, 0.15) is 0 Å². The van der Waals surface area contributed by atoms with Gasteiger partial charge in [0.2, 0.25) is 5.91 Å². The summed E-state index contributed by atoms with van der Waals surface area (Å²) >= 11 is 0. The first-order chi connectivity index (χ1) is 5.77. The highest BCUT2D eigenvalue weighted by molar-refractivity contribution is 5.78. The lowest BCUT2D eigenvalue weighted by Gasteiger charge is -2.14. The van der Waals surface area contributed by atoms with Crippen LogP contribution in [-0.4, -0.2) is 37.0 Å². The number of hydrogen-bond acceptors (Lipinski definition) is 2. The lowest BCUT2D eigenvalue weighted by atomic mass is 10.3. The van der Waals surface area contributed by atoms with E-state index < -0.39 is 0 Å². The van der Waals surface area contributed by atoms with Crippen molar-refractivity contribution in [2.75, 3.05) is 20.1 Å². The lowest BCUT2D eigenvalue weighted by molar-refractivity contribution is -0.129. The Morgan fingerprint density at radius 2 is 2.58 bits per heavy atom. The van der Waals surface area contributed by atoms with E-state index in [2.05, 4.69) is 11.2 Å². The summed E-state index contributed by atoms with van der Waals surface area (Å²) < 4.78 is 0. The maximum atomic E-state index is 11.3. The number of hydrogen-bond donors (Lipinski definition) is 1. The van der Waals surface area contributed by atoms with E-state index in [1.165, 1.54) is 0 Å². The summed E-state index contributed by atoms with van der Waals surface area (Å²) in [7, 11) is 1.92. The Morgan fingerprint density at radius 1 is 1.83 bits per heavy atom. The summed E-state index contributed by atoms with van der Waals surface area (Å²) in [6, 6.07) is 0.451. The number of nitrogens with zero attached hydrogens (tertiary/aromatic N) is 1. The van der Waals surface area contributed by atoms with Gasteiger partial charge in [-0.3, -0.25) is 4.79 Å². The molecule has 66 valence electrons. The predicted octanol–water partition coefficient (Wildman–Crippen LogP) is -0.170. The maximum Gasteiger partial charge on any atom is 0.234 e. The van der Waals surface area contributed by atoms with E-state index >= 15 is 0 Å². The third-order valence-electron chi connectivity index (χ3n) is 2.20. The van der Waals surface area contributed by atoms with Gasteiger partial charge in [-0.2, -0.15) is 0 Å². The molecule has 0 aromatic carbocycles. The molecular weight excluding hydrogens is 152 g/mol. The monoisotopic (exact) mass is 166 g/mol. The van der Waals surface area contributed by atoms with Gasteiger partial charge in [0, 0.05) is 19.1 Å². The number of carbonyl (C=O) groups excluding carboxylic acids is 1. The predicted molar refractivity (Wildman–Crippen MR) is 47.5 cm³/mol. The second-order valence-electron chi connectivity index (χ2n) is 2.99. The van der Waals surface area contributed by atoms with Crippen LogP contribution in [0.2, 0.25) is 0 Å². The number of rotatable bonds is 2. The lowest BCUT2D eigenvalue weighted by Crippen LogP contribution is -2.33. The number of carbonyl (C=O) groups is 1. The Labute approximate surface area is 73.1 Å². The molecule has 3 heteroatoms. The molecule has 1 fully saturated rings. The number of terminal acetylenes is 1. The van der Waals surface area contributed by atoms with Crippen molar-refractivity contribution in [2.24, 2.45) is 0 Å². The van der Waals surface area contributed by atoms with Crippen molar-refractivity contribution in [3.63, 3.8) is 0 Å². The zero-order chi connectivity index (χ0) is 8.97. The highest BCUT2D eigenvalue weighted by atomic mass is 16.2. The van der Waals surface area contributed by atoms with Crippen molar-refractivity contribution in [1.29, 1.82) is 0 Å². The summed E-state index contributed by atoms with van der Waals surface area (Å²) in [6.45, 7) is 1.64. The maximum absolute atomic E-state index is 11.3. The van der Waals surface area contributed by atoms with Gasteiger partial charge >= 0.3 is 0 Å². The summed E-state index contributed by atoms with van der Waals surface area (Å²) in [4.78, 5) is 13.1. The fraction of sp³-hybridized carbons (Fsp3) is 0.667. The molecule has 0 aromatic heterocycles. The molecule has 1 atom stereocenters. The normalized spacial score (nSPS) is 22.3. The highest BCUT2D eigenvalue weighted by Crippen LogP contribution is 2.09. The molecule has 0 saturated carbocycles. The van der Waals surface area contributed by atoms with E-state index in [1.807, 2.05) is 11.9 Å². The first-order valence-electron chi connectivity index (χ1n) is 4.16. The van der Waals surface area contributed by atoms with Crippen molar-refractivity contribution in [3.05, 3.63) is 0 Å². The molecule has 0 radical (unpaired) electrons. The number of likely N-dealkylation sites (tertiary alicyclic amines) is 1. The van der Waals surface area contributed by atoms with E-state index in [0.29, 0.717) is 6.04 Å². The van der Waals surface area contributed by atoms with E-state index in [0.717, 1.165) is 19.5 Å². The standard InChI is InChI=1S/C9H14N2O/c1-3-4-9(12)11-6-5-8(7-11)10-2/h1,8,10H,4-7H2,2H3. The molecule has 1 aliphatic heterocycles. The summed E-state index contributed by atoms with van der Waals surface area (Å²) in [5, 5.41) is 3.15. The van der Waals surface area contributed by atoms with Crippen LogP contribution in [0.4, 0.5) is 0 Å². The van der Waals surface area contributed by atoms with Gasteiger partial charge in [-0.25, -0.2) is 0 Å². The van der Waals surface area contributed by atoms with Crippen molar-refractivity contribution >= 4 is 5.91 Å². The van der Waals surface area contributed by atoms with E-state index in [4.69, 9.17) is 6.42 Å². The SMILES string of the molecule is C#CCC(=O)N1CCC(NC)C1. The molecule has 0 aliphatic carbocycles. The molecule has 0 bridgehead atoms. The van der Waals surface area contributed by atoms with Crippen molar-refractivity contribution in [1.82, 2.24) is 10.2 Å². The largest absolute Gasteiger partial charge is 0.340 e. The molecule has 1 N–H and O–H groups in total. The van der Waals surface area contributed by atoms with Crippen molar-refractivity contribution < 1.29 is 4.79 Å². The first kappa shape index (κ1) is 9.08. The number of likely N-dealkylation sites (N-methyl/N-ethyl adjacent to an activating group) is 1. The molecule has 1 rings (SSSR count). The van der Waals surface area contributed by atoms with Gasteiger partial charge in [-0.1, -0.05) is 5.92 Å². The fourth-order valence-electron chi connectivity index (χ4n) is 1.42. The van der Waals surface area contributed by atoms with Gasteiger partial charge in [-0.05, 0) is 13.5 Å². The first-order valence-corrected chi connectivity index (χ1v) is 4.16. The molecular formula is C9H14N2O. The summed E-state index contributed by atoms with van der Waals surface area (Å²) in [5.74, 6) is 2.44. The molecule has 0 aromatic rings. The minimum Gasteiger partial charge on any atom is -0.340 e. The molecule has 1 aliphatic rings. The van der Waals surface area contributed by atoms with Crippen LogP contribution < -0.4 is 5.32 Å². The van der Waals surface area contributed by atoms with Crippen LogP contribution in [0.15, 0.2) is 0 Å². The number of nitrogens with one attached hydrogen (secondary N) is 1.